The number of hydrogen-bond donors (Lipinski definition) is 0. The number of hydrogen-bond acceptors (Lipinski definition) is 5. The topological polar surface area (TPSA) is 49.6 Å². The van der Waals surface area contributed by atoms with Gasteiger partial charge in [0.25, 0.3) is 0 Å². The number of ketones is 1. The molecule has 0 saturated carbocycles. The molecule has 0 N–H and O–H groups in total. The minimum Gasteiger partial charge on any atom is -0.444 e. The maximum absolute atomic E-state index is 14.0. The molecule has 0 unspecified atom stereocenters. The zero-order chi connectivity index (χ0) is 17.3. The number of rotatable bonds is 4. The van der Waals surface area contributed by atoms with Gasteiger partial charge in [-0.05, 0) is 32.9 Å². The molecule has 2 aromatic rings. The Morgan fingerprint density at radius 1 is 1.25 bits per heavy atom. The summed E-state index contributed by atoms with van der Waals surface area (Å²) < 4.78 is 19.6. The van der Waals surface area contributed by atoms with Crippen LogP contribution in [0.1, 0.15) is 34.6 Å². The Morgan fingerprint density at radius 2 is 1.96 bits per heavy atom. The largest absolute Gasteiger partial charge is 0.444 e. The number of piperazine rings is 1. The van der Waals surface area contributed by atoms with Crippen molar-refractivity contribution in [2.45, 2.75) is 27.3 Å². The Kier molecular flexibility index (Phi) is 4.66. The van der Waals surface area contributed by atoms with Gasteiger partial charge in [0.1, 0.15) is 11.6 Å². The van der Waals surface area contributed by atoms with Gasteiger partial charge in [0, 0.05) is 26.2 Å². The van der Waals surface area contributed by atoms with Crippen LogP contribution in [0, 0.1) is 19.7 Å². The number of carbonyl (C=O) groups excluding carboxylic acids is 1. The molecule has 0 spiro atoms. The van der Waals surface area contributed by atoms with Crippen molar-refractivity contribution in [3.8, 4) is 0 Å². The van der Waals surface area contributed by atoms with E-state index in [1.165, 1.54) is 13.0 Å². The van der Waals surface area contributed by atoms with Gasteiger partial charge in [0.05, 0.1) is 23.5 Å². The van der Waals surface area contributed by atoms with Crippen molar-refractivity contribution in [1.29, 1.82) is 0 Å². The Bertz CT molecular complexity index is 729. The Hall–Kier alpha value is -2.21. The van der Waals surface area contributed by atoms with Crippen molar-refractivity contribution in [2.24, 2.45) is 0 Å². The van der Waals surface area contributed by atoms with Gasteiger partial charge in [0.15, 0.2) is 5.78 Å². The summed E-state index contributed by atoms with van der Waals surface area (Å²) in [5.74, 6) is 0.896. The van der Waals surface area contributed by atoms with Crippen LogP contribution in [0.4, 0.5) is 10.1 Å². The summed E-state index contributed by atoms with van der Waals surface area (Å²) in [5.41, 5.74) is 1.80. The first-order chi connectivity index (χ1) is 11.5. The van der Waals surface area contributed by atoms with E-state index in [2.05, 4.69) is 14.8 Å². The predicted octanol–water partition coefficient (Wildman–Crippen LogP) is 2.96. The molecule has 5 nitrogen and oxygen atoms in total. The number of aryl methyl sites for hydroxylation is 2. The summed E-state index contributed by atoms with van der Waals surface area (Å²) in [6.07, 6.45) is 0. The molecule has 128 valence electrons. The van der Waals surface area contributed by atoms with Gasteiger partial charge in [-0.15, -0.1) is 0 Å². The number of aromatic nitrogens is 1. The number of benzene rings is 1. The van der Waals surface area contributed by atoms with Gasteiger partial charge in [-0.2, -0.15) is 0 Å². The van der Waals surface area contributed by atoms with E-state index < -0.39 is 5.82 Å². The van der Waals surface area contributed by atoms with Gasteiger partial charge in [0.2, 0.25) is 5.89 Å². The van der Waals surface area contributed by atoms with E-state index >= 15 is 0 Å². The fourth-order valence-corrected chi connectivity index (χ4v) is 3.07. The first-order valence-corrected chi connectivity index (χ1v) is 8.15. The van der Waals surface area contributed by atoms with Gasteiger partial charge >= 0.3 is 0 Å². The molecule has 1 aromatic carbocycles. The Balaban J connectivity index is 1.67. The lowest BCUT2D eigenvalue weighted by molar-refractivity contribution is 0.101. The zero-order valence-electron chi connectivity index (χ0n) is 14.3. The van der Waals surface area contributed by atoms with Crippen molar-refractivity contribution >= 4 is 11.5 Å². The smallest absolute Gasteiger partial charge is 0.208 e. The van der Waals surface area contributed by atoms with Crippen LogP contribution in [-0.2, 0) is 6.54 Å². The number of halogens is 1. The van der Waals surface area contributed by atoms with E-state index in [-0.39, 0.29) is 11.3 Å². The average Bonchev–Trinajstić information content (AvgIpc) is 2.85. The molecule has 0 amide bonds. The van der Waals surface area contributed by atoms with E-state index in [1.807, 2.05) is 19.9 Å². The highest BCUT2D eigenvalue weighted by Gasteiger charge is 2.23. The third-order valence-electron chi connectivity index (χ3n) is 4.49. The molecule has 1 aromatic heterocycles. The molecule has 24 heavy (non-hydrogen) atoms. The van der Waals surface area contributed by atoms with Crippen molar-refractivity contribution < 1.29 is 13.6 Å². The molecule has 1 aliphatic rings. The van der Waals surface area contributed by atoms with Crippen LogP contribution >= 0.6 is 0 Å². The van der Waals surface area contributed by atoms with Crippen LogP contribution in [0.15, 0.2) is 22.6 Å². The van der Waals surface area contributed by atoms with Crippen molar-refractivity contribution in [1.82, 2.24) is 9.88 Å². The molecule has 0 radical (unpaired) electrons. The fraction of sp³-hybridized carbons (Fsp3) is 0.444. The number of carbonyl (C=O) groups is 1. The quantitative estimate of drug-likeness (QED) is 0.806. The Morgan fingerprint density at radius 3 is 2.54 bits per heavy atom. The lowest BCUT2D eigenvalue weighted by Crippen LogP contribution is -2.46. The summed E-state index contributed by atoms with van der Waals surface area (Å²) in [6.45, 7) is 9.04. The maximum atomic E-state index is 14.0. The third kappa shape index (κ3) is 3.33. The molecule has 1 fully saturated rings. The minimum atomic E-state index is -0.451. The maximum Gasteiger partial charge on any atom is 0.208 e. The molecule has 0 atom stereocenters. The minimum absolute atomic E-state index is 0.185. The second-order valence-electron chi connectivity index (χ2n) is 6.20. The summed E-state index contributed by atoms with van der Waals surface area (Å²) in [5, 5.41) is 0. The third-order valence-corrected chi connectivity index (χ3v) is 4.49. The monoisotopic (exact) mass is 331 g/mol. The van der Waals surface area contributed by atoms with Crippen LogP contribution in [0.3, 0.4) is 0 Å². The first kappa shape index (κ1) is 16.6. The number of Topliss-reactive ketones (excluding diaryl/α,β-unsaturated/α-hetero) is 1. The molecule has 3 rings (SSSR count). The normalized spacial score (nSPS) is 15.8. The summed E-state index contributed by atoms with van der Waals surface area (Å²) >= 11 is 0. The van der Waals surface area contributed by atoms with Gasteiger partial charge in [-0.25, -0.2) is 9.37 Å². The SMILES string of the molecule is CC(=O)c1c(F)cccc1N1CCN(Cc2nc(C)c(C)o2)CC1. The highest BCUT2D eigenvalue weighted by Crippen LogP contribution is 2.25. The lowest BCUT2D eigenvalue weighted by Gasteiger charge is -2.36. The van der Waals surface area contributed by atoms with Crippen LogP contribution in [0.25, 0.3) is 0 Å². The van der Waals surface area contributed by atoms with Crippen LogP contribution in [-0.4, -0.2) is 41.8 Å². The van der Waals surface area contributed by atoms with E-state index in [9.17, 15) is 9.18 Å². The lowest BCUT2D eigenvalue weighted by atomic mass is 10.1. The molecule has 1 aliphatic heterocycles. The molecular weight excluding hydrogens is 309 g/mol. The van der Waals surface area contributed by atoms with E-state index in [4.69, 9.17) is 4.42 Å². The Labute approximate surface area is 141 Å². The van der Waals surface area contributed by atoms with E-state index in [1.54, 1.807) is 6.07 Å². The highest BCUT2D eigenvalue weighted by atomic mass is 19.1. The van der Waals surface area contributed by atoms with Crippen LogP contribution < -0.4 is 4.90 Å². The van der Waals surface area contributed by atoms with Gasteiger partial charge in [-0.1, -0.05) is 6.07 Å². The van der Waals surface area contributed by atoms with Crippen LogP contribution in [0.2, 0.25) is 0 Å². The summed E-state index contributed by atoms with van der Waals surface area (Å²) in [4.78, 5) is 20.5. The van der Waals surface area contributed by atoms with Crippen molar-refractivity contribution in [3.05, 3.63) is 46.9 Å². The summed E-state index contributed by atoms with van der Waals surface area (Å²) in [7, 11) is 0. The molecule has 0 bridgehead atoms. The molecule has 2 heterocycles. The highest BCUT2D eigenvalue weighted by molar-refractivity contribution is 6.00. The van der Waals surface area contributed by atoms with Crippen molar-refractivity contribution in [2.75, 3.05) is 31.1 Å². The standard InChI is InChI=1S/C18H22FN3O2/c1-12-14(3)24-17(20-12)11-21-7-9-22(10-8-21)16-6-4-5-15(19)18(16)13(2)23/h4-6H,7-11H2,1-3H3. The average molecular weight is 331 g/mol. The van der Waals surface area contributed by atoms with E-state index in [0.717, 1.165) is 43.5 Å². The number of nitrogens with zero attached hydrogens (tertiary/aromatic N) is 3. The zero-order valence-corrected chi connectivity index (χ0v) is 14.3. The molecular formula is C18H22FN3O2. The van der Waals surface area contributed by atoms with Crippen LogP contribution in [0.5, 0.6) is 0 Å². The second-order valence-corrected chi connectivity index (χ2v) is 6.20. The number of anilines is 1. The predicted molar refractivity (Wildman–Crippen MR) is 89.9 cm³/mol. The fourth-order valence-electron chi connectivity index (χ4n) is 3.07. The summed E-state index contributed by atoms with van der Waals surface area (Å²) in [6, 6.07) is 4.81. The molecule has 0 aliphatic carbocycles. The van der Waals surface area contributed by atoms with Gasteiger partial charge in [-0.3, -0.25) is 9.69 Å². The van der Waals surface area contributed by atoms with E-state index in [0.29, 0.717) is 12.2 Å². The molecule has 6 heteroatoms. The van der Waals surface area contributed by atoms with Gasteiger partial charge < -0.3 is 9.32 Å². The number of oxazole rings is 1. The second kappa shape index (κ2) is 6.73. The molecule has 1 saturated heterocycles. The van der Waals surface area contributed by atoms with Crippen molar-refractivity contribution in [3.63, 3.8) is 0 Å². The first-order valence-electron chi connectivity index (χ1n) is 8.15.